The molecular formula is C38H44N6O9S. The number of thiazole rings is 1. The van der Waals surface area contributed by atoms with Crippen molar-refractivity contribution in [1.29, 1.82) is 0 Å². The molecule has 0 unspecified atom stereocenters. The monoisotopic (exact) mass is 760 g/mol. The zero-order chi connectivity index (χ0) is 38.3. The lowest BCUT2D eigenvalue weighted by molar-refractivity contribution is -0.145. The third-order valence-electron chi connectivity index (χ3n) is 10.2. The first-order valence-corrected chi connectivity index (χ1v) is 19.0. The standard InChI is InChI=1S/C38H44N6O9S/c1-6-21-15-38(21,35(47)48)43-33(45)27-13-23(16-44(27)34(46)30(19(2)3)42-37(49)53-22-9-7-8-10-22)52-29-14-25(26-17-54-36(41-26)39-20(4)5)40-31-24(29)11-12-28-32(31)51-18-50-28/h6,11-12,14,17,20-23,27,30H,1-2,7-10,13,15-16,18H2,3-5H3,(H,39,41)(H,42,49)(H,43,45)(H,47,48)/t21-,23-,27+,30+,38-/m1/s1. The number of likely N-dealkylation sites (tertiary alicyclic amines) is 1. The minimum absolute atomic E-state index is 0.0182. The maximum Gasteiger partial charge on any atom is 0.408 e. The predicted molar refractivity (Wildman–Crippen MR) is 200 cm³/mol. The van der Waals surface area contributed by atoms with Crippen LogP contribution in [0.15, 0.2) is 48.4 Å². The second-order valence-electron chi connectivity index (χ2n) is 14.6. The number of nitrogens with one attached hydrogen (secondary N) is 3. The number of aromatic nitrogens is 2. The van der Waals surface area contributed by atoms with Crippen LogP contribution in [0.1, 0.15) is 59.3 Å². The molecule has 1 saturated heterocycles. The lowest BCUT2D eigenvalue weighted by atomic mass is 10.1. The van der Waals surface area contributed by atoms with Crippen LogP contribution in [0.5, 0.6) is 17.2 Å². The topological polar surface area (TPSA) is 191 Å². The summed E-state index contributed by atoms with van der Waals surface area (Å²) < 4.78 is 23.7. The van der Waals surface area contributed by atoms with Crippen molar-refractivity contribution in [3.63, 3.8) is 0 Å². The molecule has 2 aromatic heterocycles. The van der Waals surface area contributed by atoms with E-state index in [1.54, 1.807) is 25.1 Å². The van der Waals surface area contributed by atoms with Crippen molar-refractivity contribution < 1.29 is 43.2 Å². The molecule has 3 amide bonds. The van der Waals surface area contributed by atoms with Gasteiger partial charge in [0, 0.05) is 35.2 Å². The van der Waals surface area contributed by atoms with E-state index in [1.165, 1.54) is 22.3 Å². The number of anilines is 1. The Morgan fingerprint density at radius 3 is 2.59 bits per heavy atom. The van der Waals surface area contributed by atoms with Gasteiger partial charge in [-0.25, -0.2) is 19.6 Å². The van der Waals surface area contributed by atoms with Gasteiger partial charge in [-0.15, -0.1) is 17.9 Å². The molecule has 286 valence electrons. The normalized spacial score (nSPS) is 23.6. The van der Waals surface area contributed by atoms with Crippen molar-refractivity contribution in [2.75, 3.05) is 18.7 Å². The summed E-state index contributed by atoms with van der Waals surface area (Å²) in [5.41, 5.74) is 0.405. The highest BCUT2D eigenvalue weighted by molar-refractivity contribution is 7.14. The summed E-state index contributed by atoms with van der Waals surface area (Å²) in [7, 11) is 0. The van der Waals surface area contributed by atoms with Gasteiger partial charge in [-0.05, 0) is 70.6 Å². The number of ether oxygens (including phenoxy) is 4. The fourth-order valence-electron chi connectivity index (χ4n) is 7.30. The van der Waals surface area contributed by atoms with Crippen LogP contribution in [0.25, 0.3) is 22.3 Å². The molecule has 2 saturated carbocycles. The number of carboxylic acid groups (broad SMARTS) is 1. The molecule has 2 aliphatic heterocycles. The van der Waals surface area contributed by atoms with Crippen LogP contribution < -0.4 is 30.2 Å². The van der Waals surface area contributed by atoms with E-state index in [9.17, 15) is 24.3 Å². The van der Waals surface area contributed by atoms with Gasteiger partial charge in [0.05, 0.1) is 12.2 Å². The summed E-state index contributed by atoms with van der Waals surface area (Å²) in [6.07, 6.45) is 3.35. The number of carbonyl (C=O) groups excluding carboxylic acids is 3. The second-order valence-corrected chi connectivity index (χ2v) is 15.4. The first-order valence-electron chi connectivity index (χ1n) is 18.1. The van der Waals surface area contributed by atoms with E-state index in [0.717, 1.165) is 30.8 Å². The fourth-order valence-corrected chi connectivity index (χ4v) is 8.15. The molecule has 5 atom stereocenters. The van der Waals surface area contributed by atoms with Crippen LogP contribution in [0, 0.1) is 5.92 Å². The molecule has 16 heteroatoms. The maximum atomic E-state index is 14.3. The van der Waals surface area contributed by atoms with E-state index >= 15 is 0 Å². The van der Waals surface area contributed by atoms with E-state index in [-0.39, 0.29) is 38.3 Å². The quantitative estimate of drug-likeness (QED) is 0.171. The van der Waals surface area contributed by atoms with Gasteiger partial charge in [0.1, 0.15) is 46.8 Å². The number of carbonyl (C=O) groups is 4. The molecule has 3 fully saturated rings. The summed E-state index contributed by atoms with van der Waals surface area (Å²) in [5.74, 6) is -1.53. The summed E-state index contributed by atoms with van der Waals surface area (Å²) >= 11 is 1.44. The number of rotatable bonds is 13. The average molecular weight is 761 g/mol. The van der Waals surface area contributed by atoms with E-state index in [4.69, 9.17) is 28.9 Å². The molecule has 0 spiro atoms. The van der Waals surface area contributed by atoms with E-state index in [0.29, 0.717) is 45.1 Å². The summed E-state index contributed by atoms with van der Waals surface area (Å²) in [6.45, 7) is 13.3. The first-order chi connectivity index (χ1) is 25.9. The van der Waals surface area contributed by atoms with Gasteiger partial charge >= 0.3 is 12.1 Å². The zero-order valence-corrected chi connectivity index (χ0v) is 31.2. The largest absolute Gasteiger partial charge is 0.488 e. The summed E-state index contributed by atoms with van der Waals surface area (Å²) in [6, 6.07) is 3.14. The van der Waals surface area contributed by atoms with Crippen molar-refractivity contribution in [2.24, 2.45) is 5.92 Å². The molecule has 4 N–H and O–H groups in total. The highest BCUT2D eigenvalue weighted by Crippen LogP contribution is 2.46. The number of hydrogen-bond acceptors (Lipinski definition) is 12. The molecule has 4 heterocycles. The Morgan fingerprint density at radius 2 is 1.91 bits per heavy atom. The Kier molecular flexibility index (Phi) is 10.1. The molecule has 0 bridgehead atoms. The Morgan fingerprint density at radius 1 is 1.13 bits per heavy atom. The number of alkyl carbamates (subject to hydrolysis) is 1. The highest BCUT2D eigenvalue weighted by Gasteiger charge is 2.61. The van der Waals surface area contributed by atoms with Crippen LogP contribution in [0.3, 0.4) is 0 Å². The number of pyridine rings is 1. The minimum atomic E-state index is -1.53. The summed E-state index contributed by atoms with van der Waals surface area (Å²) in [4.78, 5) is 64.6. The average Bonchev–Trinajstić information content (AvgIpc) is 3.74. The van der Waals surface area contributed by atoms with E-state index in [1.807, 2.05) is 19.2 Å². The SMILES string of the molecule is C=C[C@@H]1C[C@]1(NC(=O)[C@@H]1C[C@@H](Oc2cc(-c3csc(NC(C)C)n3)nc3c4c(ccc23)OCO4)CN1C(=O)[C@@H](NC(=O)OC1CCCC1)C(=C)C)C(=O)O. The Labute approximate surface area is 316 Å². The molecule has 0 radical (unpaired) electrons. The van der Waals surface area contributed by atoms with Gasteiger partial charge in [0.25, 0.3) is 0 Å². The van der Waals surface area contributed by atoms with Crippen molar-refractivity contribution in [2.45, 2.75) is 95.2 Å². The number of carboxylic acids is 1. The first kappa shape index (κ1) is 37.0. The van der Waals surface area contributed by atoms with Crippen molar-refractivity contribution in [1.82, 2.24) is 25.5 Å². The maximum absolute atomic E-state index is 14.3. The molecular weight excluding hydrogens is 717 g/mol. The number of aliphatic carboxylic acids is 1. The lowest BCUT2D eigenvalue weighted by Crippen LogP contribution is -2.56. The van der Waals surface area contributed by atoms with E-state index in [2.05, 4.69) is 29.1 Å². The Balaban J connectivity index is 1.20. The van der Waals surface area contributed by atoms with Crippen LogP contribution in [-0.4, -0.2) is 93.1 Å². The zero-order valence-electron chi connectivity index (χ0n) is 30.4. The highest BCUT2D eigenvalue weighted by atomic mass is 32.1. The Hall–Kier alpha value is -5.38. The van der Waals surface area contributed by atoms with Crippen LogP contribution in [-0.2, 0) is 19.1 Å². The molecule has 7 rings (SSSR count). The van der Waals surface area contributed by atoms with Gasteiger partial charge < -0.3 is 44.9 Å². The molecule has 15 nitrogen and oxygen atoms in total. The smallest absolute Gasteiger partial charge is 0.408 e. The lowest BCUT2D eigenvalue weighted by Gasteiger charge is -2.29. The molecule has 4 aliphatic rings. The van der Waals surface area contributed by atoms with Gasteiger partial charge in [-0.1, -0.05) is 12.7 Å². The summed E-state index contributed by atoms with van der Waals surface area (Å²) in [5, 5.41) is 21.9. The second kappa shape index (κ2) is 14.8. The molecule has 2 aliphatic carbocycles. The Bertz CT molecular complexity index is 2010. The van der Waals surface area contributed by atoms with Crippen molar-refractivity contribution in [3.8, 4) is 28.6 Å². The van der Waals surface area contributed by atoms with Gasteiger partial charge in [-0.2, -0.15) is 0 Å². The number of fused-ring (bicyclic) bond motifs is 3. The predicted octanol–water partition coefficient (Wildman–Crippen LogP) is 5.01. The third kappa shape index (κ3) is 7.26. The van der Waals surface area contributed by atoms with Gasteiger partial charge in [-0.3, -0.25) is 9.59 Å². The van der Waals surface area contributed by atoms with Crippen LogP contribution in [0.4, 0.5) is 9.93 Å². The van der Waals surface area contributed by atoms with Crippen molar-refractivity contribution in [3.05, 3.63) is 48.4 Å². The molecule has 1 aromatic carbocycles. The van der Waals surface area contributed by atoms with Gasteiger partial charge in [0.2, 0.25) is 18.6 Å². The van der Waals surface area contributed by atoms with Crippen LogP contribution in [0.2, 0.25) is 0 Å². The fraction of sp³-hybridized carbons (Fsp3) is 0.474. The van der Waals surface area contributed by atoms with E-state index < -0.39 is 53.5 Å². The number of hydrogen-bond donors (Lipinski definition) is 4. The number of amides is 3. The molecule has 3 aromatic rings. The number of benzene rings is 1. The third-order valence-corrected chi connectivity index (χ3v) is 11.0. The molecule has 54 heavy (non-hydrogen) atoms. The number of nitrogens with zero attached hydrogens (tertiary/aromatic N) is 3. The van der Waals surface area contributed by atoms with Crippen LogP contribution >= 0.6 is 11.3 Å². The van der Waals surface area contributed by atoms with Crippen molar-refractivity contribution >= 4 is 51.2 Å². The minimum Gasteiger partial charge on any atom is -0.488 e. The van der Waals surface area contributed by atoms with Gasteiger partial charge in [0.15, 0.2) is 16.6 Å².